The van der Waals surface area contributed by atoms with E-state index in [2.05, 4.69) is 86.8 Å². The third-order valence-corrected chi connectivity index (χ3v) is 17.7. The van der Waals surface area contributed by atoms with E-state index < -0.39 is 26.5 Å². The van der Waals surface area contributed by atoms with Crippen LogP contribution < -0.4 is 4.89 Å². The molecule has 514 valence electrons. The summed E-state index contributed by atoms with van der Waals surface area (Å²) in [6, 6.07) is 0. The predicted molar refractivity (Wildman–Crippen MR) is 379 cm³/mol. The predicted octanol–water partition coefficient (Wildman–Crippen LogP) is 24.1. The second-order valence-corrected chi connectivity index (χ2v) is 28.0. The number of phosphoric ester groups is 1. The van der Waals surface area contributed by atoms with Gasteiger partial charge in [0.25, 0.3) is 7.82 Å². The first-order chi connectivity index (χ1) is 43.0. The zero-order chi connectivity index (χ0) is 64.1. The number of allylic oxidation sites excluding steroid dienone is 12. The molecule has 0 aliphatic rings. The molecule has 0 bridgehead atoms. The van der Waals surface area contributed by atoms with Crippen LogP contribution in [0.2, 0.25) is 0 Å². The van der Waals surface area contributed by atoms with Gasteiger partial charge in [-0.05, 0) is 83.5 Å². The van der Waals surface area contributed by atoms with E-state index in [4.69, 9.17) is 18.5 Å². The Labute approximate surface area is 546 Å². The lowest BCUT2D eigenvalue weighted by Crippen LogP contribution is -2.37. The number of quaternary nitrogens is 1. The zero-order valence-corrected chi connectivity index (χ0v) is 59.6. The maximum absolute atomic E-state index is 12.9. The van der Waals surface area contributed by atoms with Crippen molar-refractivity contribution >= 4 is 19.8 Å². The standard InChI is InChI=1S/C78H144NO8P/c1-6-8-10-12-14-16-18-20-22-24-26-28-30-32-34-36-37-38-39-40-41-43-45-47-49-51-53-55-57-59-61-63-65-67-69-71-78(81)87-76(75-86-88(82,83)85-73-72-79(3,4)5)74-84-77(80)70-68-66-64-62-60-58-56-54-52-50-48-46-44-42-35-33-31-29-27-25-23-21-19-17-15-13-11-9-7-2/h8,10,14,16,20,22,25-28,32,34,76H,6-7,9,11-13,15,17-19,21,23-24,29-31,33,35-75H2,1-5H3/b10-8-,16-14-,22-20-,27-25-,28-26-,34-32-. The van der Waals surface area contributed by atoms with Crippen molar-refractivity contribution in [1.82, 2.24) is 0 Å². The number of hydrogen-bond acceptors (Lipinski definition) is 8. The molecule has 10 heteroatoms. The van der Waals surface area contributed by atoms with Crippen molar-refractivity contribution in [2.45, 2.75) is 367 Å². The lowest BCUT2D eigenvalue weighted by atomic mass is 10.0. The van der Waals surface area contributed by atoms with Crippen molar-refractivity contribution in [3.63, 3.8) is 0 Å². The Morgan fingerprint density at radius 3 is 0.977 bits per heavy atom. The summed E-state index contributed by atoms with van der Waals surface area (Å²) in [6.07, 6.45) is 92.9. The monoisotopic (exact) mass is 1250 g/mol. The molecule has 88 heavy (non-hydrogen) atoms. The van der Waals surface area contributed by atoms with Crippen molar-refractivity contribution in [2.75, 3.05) is 47.5 Å². The normalized spacial score (nSPS) is 13.5. The molecule has 0 aliphatic heterocycles. The average molecular weight is 1250 g/mol. The van der Waals surface area contributed by atoms with Crippen LogP contribution in [-0.2, 0) is 32.7 Å². The van der Waals surface area contributed by atoms with E-state index in [1.165, 1.54) is 257 Å². The SMILES string of the molecule is CC/C=C\C/C=C\C/C=C\C/C=C\C/C=C\CCCCCCCCCCCCCCCCCCCCCC(=O)OC(COC(=O)CCCCCCCCCCCCCCCCCCC/C=C\CCCCCCCCCC)COP(=O)([O-])OCC[N+](C)(C)C. The third-order valence-electron chi connectivity index (χ3n) is 16.7. The van der Waals surface area contributed by atoms with E-state index in [1.54, 1.807) is 0 Å². The summed E-state index contributed by atoms with van der Waals surface area (Å²) in [7, 11) is 1.18. The van der Waals surface area contributed by atoms with Gasteiger partial charge < -0.3 is 27.9 Å². The topological polar surface area (TPSA) is 111 Å². The van der Waals surface area contributed by atoms with Crippen molar-refractivity contribution in [3.8, 4) is 0 Å². The minimum absolute atomic E-state index is 0.0297. The molecule has 0 aliphatic carbocycles. The molecule has 2 atom stereocenters. The minimum atomic E-state index is -4.64. The molecule has 0 N–H and O–H groups in total. The van der Waals surface area contributed by atoms with Gasteiger partial charge in [0.2, 0.25) is 0 Å². The second-order valence-electron chi connectivity index (χ2n) is 26.6. The van der Waals surface area contributed by atoms with Gasteiger partial charge in [-0.15, -0.1) is 0 Å². The zero-order valence-electron chi connectivity index (χ0n) is 58.7. The van der Waals surface area contributed by atoms with Gasteiger partial charge in [-0.25, -0.2) is 0 Å². The summed E-state index contributed by atoms with van der Waals surface area (Å²) in [6.45, 7) is 4.19. The van der Waals surface area contributed by atoms with E-state index in [9.17, 15) is 19.0 Å². The summed E-state index contributed by atoms with van der Waals surface area (Å²) in [5.41, 5.74) is 0. The maximum atomic E-state index is 12.9. The van der Waals surface area contributed by atoms with Crippen molar-refractivity contribution in [1.29, 1.82) is 0 Å². The van der Waals surface area contributed by atoms with Gasteiger partial charge in [-0.3, -0.25) is 14.2 Å². The Balaban J connectivity index is 3.97. The van der Waals surface area contributed by atoms with Crippen molar-refractivity contribution in [3.05, 3.63) is 72.9 Å². The Morgan fingerprint density at radius 1 is 0.364 bits per heavy atom. The van der Waals surface area contributed by atoms with Crippen LogP contribution in [0.15, 0.2) is 72.9 Å². The smallest absolute Gasteiger partial charge is 0.306 e. The molecule has 0 aromatic carbocycles. The second kappa shape index (κ2) is 68.8. The highest BCUT2D eigenvalue weighted by Crippen LogP contribution is 2.38. The molecular formula is C78H144NO8P. The van der Waals surface area contributed by atoms with Gasteiger partial charge in [0.15, 0.2) is 6.10 Å². The Bertz CT molecular complexity index is 1710. The van der Waals surface area contributed by atoms with E-state index in [0.29, 0.717) is 17.4 Å². The van der Waals surface area contributed by atoms with Crippen LogP contribution in [0, 0.1) is 0 Å². The molecule has 2 unspecified atom stereocenters. The molecule has 9 nitrogen and oxygen atoms in total. The molecule has 0 saturated heterocycles. The Kier molecular flexibility index (Phi) is 66.8. The first kappa shape index (κ1) is 85.5. The van der Waals surface area contributed by atoms with Gasteiger partial charge in [0.05, 0.1) is 27.7 Å². The number of hydrogen-bond donors (Lipinski definition) is 0. The molecule has 0 rings (SSSR count). The number of nitrogens with zero attached hydrogens (tertiary/aromatic N) is 1. The number of unbranched alkanes of at least 4 members (excludes halogenated alkanes) is 44. The van der Waals surface area contributed by atoms with E-state index in [0.717, 1.165) is 70.6 Å². The molecule has 0 radical (unpaired) electrons. The fraction of sp³-hybridized carbons (Fsp3) is 0.821. The first-order valence-corrected chi connectivity index (χ1v) is 39.1. The molecule has 0 aromatic rings. The van der Waals surface area contributed by atoms with Crippen molar-refractivity contribution in [2.24, 2.45) is 0 Å². The van der Waals surface area contributed by atoms with Crippen LogP contribution >= 0.6 is 7.82 Å². The van der Waals surface area contributed by atoms with Crippen molar-refractivity contribution < 1.29 is 42.1 Å². The van der Waals surface area contributed by atoms with Gasteiger partial charge in [0, 0.05) is 12.8 Å². The van der Waals surface area contributed by atoms with Crippen LogP contribution in [0.25, 0.3) is 0 Å². The van der Waals surface area contributed by atoms with Crippen LogP contribution in [0.1, 0.15) is 361 Å². The molecule has 0 aromatic heterocycles. The summed E-state index contributed by atoms with van der Waals surface area (Å²) < 4.78 is 34.4. The molecular weight excluding hydrogens is 1110 g/mol. The molecule has 0 fully saturated rings. The summed E-state index contributed by atoms with van der Waals surface area (Å²) >= 11 is 0. The number of ether oxygens (including phenoxy) is 2. The average Bonchev–Trinajstić information content (AvgIpc) is 3.57. The highest BCUT2D eigenvalue weighted by Gasteiger charge is 2.22. The Hall–Kier alpha value is -2.55. The van der Waals surface area contributed by atoms with E-state index >= 15 is 0 Å². The highest BCUT2D eigenvalue weighted by molar-refractivity contribution is 7.45. The largest absolute Gasteiger partial charge is 0.756 e. The minimum Gasteiger partial charge on any atom is -0.756 e. The number of rotatable bonds is 70. The van der Waals surface area contributed by atoms with Gasteiger partial charge in [-0.1, -0.05) is 337 Å². The number of phosphoric acid groups is 1. The number of likely N-dealkylation sites (N-methyl/N-ethyl adjacent to an activating group) is 1. The maximum Gasteiger partial charge on any atom is 0.306 e. The van der Waals surface area contributed by atoms with Gasteiger partial charge in [-0.2, -0.15) is 0 Å². The summed E-state index contributed by atoms with van der Waals surface area (Å²) in [5.74, 6) is -0.815. The first-order valence-electron chi connectivity index (χ1n) is 37.6. The number of carbonyl (C=O) groups is 2. The fourth-order valence-corrected chi connectivity index (χ4v) is 11.7. The van der Waals surface area contributed by atoms with Crippen LogP contribution in [0.5, 0.6) is 0 Å². The Morgan fingerprint density at radius 2 is 0.648 bits per heavy atom. The lowest BCUT2D eigenvalue weighted by Gasteiger charge is -2.28. The number of esters is 2. The quantitative estimate of drug-likeness (QED) is 0.0195. The molecule has 0 amide bonds. The summed E-state index contributed by atoms with van der Waals surface area (Å²) in [4.78, 5) is 38.1. The lowest BCUT2D eigenvalue weighted by molar-refractivity contribution is -0.870. The molecule has 0 spiro atoms. The van der Waals surface area contributed by atoms with Crippen LogP contribution in [-0.4, -0.2) is 70.0 Å². The van der Waals surface area contributed by atoms with Crippen LogP contribution in [0.3, 0.4) is 0 Å². The third kappa shape index (κ3) is 72.5. The van der Waals surface area contributed by atoms with Gasteiger partial charge >= 0.3 is 11.9 Å². The van der Waals surface area contributed by atoms with E-state index in [1.807, 2.05) is 21.1 Å². The van der Waals surface area contributed by atoms with Crippen LogP contribution in [0.4, 0.5) is 0 Å². The highest BCUT2D eigenvalue weighted by atomic mass is 31.2. The molecule has 0 heterocycles. The van der Waals surface area contributed by atoms with E-state index in [-0.39, 0.29) is 32.0 Å². The fourth-order valence-electron chi connectivity index (χ4n) is 11.0. The molecule has 0 saturated carbocycles. The number of carbonyl (C=O) groups excluding carboxylic acids is 2. The van der Waals surface area contributed by atoms with Gasteiger partial charge in [0.1, 0.15) is 19.8 Å². The summed E-state index contributed by atoms with van der Waals surface area (Å²) in [5, 5.41) is 0.